The quantitative estimate of drug-likeness (QED) is 0.0960. The van der Waals surface area contributed by atoms with Crippen molar-refractivity contribution in [1.29, 1.82) is 0 Å². The molecule has 5 aliphatic rings. The van der Waals surface area contributed by atoms with Crippen LogP contribution in [0.4, 0.5) is 16.0 Å². The Kier molecular flexibility index (Phi) is 14.9. The number of thiazole rings is 1. The van der Waals surface area contributed by atoms with Crippen LogP contribution >= 0.6 is 22.9 Å². The molecule has 18 heteroatoms. The van der Waals surface area contributed by atoms with E-state index >= 15 is 0 Å². The number of nitrogens with one attached hydrogen (secondary N) is 3. The lowest BCUT2D eigenvalue weighted by Gasteiger charge is -2.56. The molecule has 7 heterocycles. The number of nitrogens with zero attached hydrogens (tertiary/aromatic N) is 8. The Morgan fingerprint density at radius 1 is 0.932 bits per heavy atom. The Labute approximate surface area is 443 Å². The van der Waals surface area contributed by atoms with Gasteiger partial charge in [-0.25, -0.2) is 14.4 Å². The van der Waals surface area contributed by atoms with Gasteiger partial charge >= 0.3 is 0 Å². The van der Waals surface area contributed by atoms with Gasteiger partial charge in [-0.15, -0.1) is 11.3 Å². The Bertz CT molecular complexity index is 2850. The van der Waals surface area contributed by atoms with Gasteiger partial charge in [0.25, 0.3) is 0 Å². The minimum Gasteiger partial charge on any atom is -0.391 e. The molecule has 1 spiro atoms. The molecule has 5 saturated heterocycles. The lowest BCUT2D eigenvalue weighted by atomic mass is 9.75. The Morgan fingerprint density at radius 3 is 2.24 bits per heavy atom. The van der Waals surface area contributed by atoms with Gasteiger partial charge in [0, 0.05) is 82.3 Å². The van der Waals surface area contributed by atoms with Crippen molar-refractivity contribution in [2.75, 3.05) is 94.9 Å². The number of amides is 3. The molecule has 4 N–H and O–H groups in total. The molecule has 396 valence electrons. The number of hydrogen-bond acceptors (Lipinski definition) is 12. The summed E-state index contributed by atoms with van der Waals surface area (Å²) in [6.45, 7) is 24.1. The van der Waals surface area contributed by atoms with Crippen molar-refractivity contribution in [1.82, 2.24) is 45.2 Å². The van der Waals surface area contributed by atoms with Crippen molar-refractivity contribution >= 4 is 63.3 Å². The number of aliphatic hydroxyl groups is 1. The number of aromatic nitrogens is 3. The average Bonchev–Trinajstić information content (AvgIpc) is 4.05. The molecule has 0 saturated carbocycles. The number of piperidine rings is 1. The highest BCUT2D eigenvalue weighted by molar-refractivity contribution is 7.13. The van der Waals surface area contributed by atoms with E-state index in [1.165, 1.54) is 4.90 Å². The second-order valence-corrected chi connectivity index (χ2v) is 24.5. The minimum atomic E-state index is -0.888. The highest BCUT2D eigenvalue weighted by Gasteiger charge is 2.49. The fraction of sp³-hybridized carbons (Fsp3) is 0.554. The van der Waals surface area contributed by atoms with E-state index in [2.05, 4.69) is 51.2 Å². The molecule has 0 radical (unpaired) electrons. The molecule has 5 fully saturated rings. The molecule has 4 unspecified atom stereocenters. The monoisotopic (exact) mass is 1050 g/mol. The fourth-order valence-electron chi connectivity index (χ4n) is 12.0. The second kappa shape index (κ2) is 21.1. The van der Waals surface area contributed by atoms with Gasteiger partial charge in [-0.3, -0.25) is 24.2 Å². The molecule has 2 aromatic heterocycles. The number of hydrogen-bond donors (Lipinski definition) is 4. The van der Waals surface area contributed by atoms with Crippen LogP contribution < -0.4 is 25.8 Å². The van der Waals surface area contributed by atoms with Crippen molar-refractivity contribution in [3.8, 4) is 10.4 Å². The second-order valence-electron chi connectivity index (χ2n) is 23.2. The lowest BCUT2D eigenvalue weighted by molar-refractivity contribution is -0.144. The number of fused-ring (bicyclic) bond motifs is 1. The van der Waals surface area contributed by atoms with Crippen molar-refractivity contribution in [2.24, 2.45) is 16.7 Å². The van der Waals surface area contributed by atoms with Gasteiger partial charge in [-0.2, -0.15) is 0 Å². The average molecular weight is 1050 g/mol. The molecule has 0 bridgehead atoms. The highest BCUT2D eigenvalue weighted by Crippen LogP contribution is 2.41. The van der Waals surface area contributed by atoms with Crippen LogP contribution in [0.15, 0.2) is 54.0 Å². The summed E-state index contributed by atoms with van der Waals surface area (Å²) in [5, 5.41) is 21.0. The summed E-state index contributed by atoms with van der Waals surface area (Å²) < 4.78 is 17.0. The number of piperazine rings is 1. The van der Waals surface area contributed by atoms with Crippen LogP contribution in [0.2, 0.25) is 5.02 Å². The number of anilines is 2. The van der Waals surface area contributed by atoms with E-state index < -0.39 is 23.6 Å². The van der Waals surface area contributed by atoms with Crippen LogP contribution in [0.3, 0.4) is 0 Å². The molecule has 4 atom stereocenters. The number of halogens is 2. The number of imidazole rings is 1. The number of carbonyl (C=O) groups is 3. The summed E-state index contributed by atoms with van der Waals surface area (Å²) in [4.78, 5) is 63.8. The first kappa shape index (κ1) is 52.3. The number of β-amino-alcohol motifs (C(OH)–C–C–N with tert-alkyl or cyclic N) is 1. The molecular formula is C56H73ClFN11O4S. The number of likely N-dealkylation sites (tertiary alicyclic amines) is 2. The van der Waals surface area contributed by atoms with Crippen LogP contribution in [0.1, 0.15) is 80.9 Å². The van der Waals surface area contributed by atoms with Crippen LogP contribution in [-0.2, 0) is 20.9 Å². The molecule has 5 aliphatic heterocycles. The minimum absolute atomic E-state index is 0.0211. The van der Waals surface area contributed by atoms with Crippen LogP contribution in [0.5, 0.6) is 0 Å². The number of aliphatic hydroxyl groups excluding tert-OH is 1. The topological polar surface area (TPSA) is 154 Å². The molecular weight excluding hydrogens is 977 g/mol. The first-order chi connectivity index (χ1) is 35.3. The van der Waals surface area contributed by atoms with Crippen molar-refractivity contribution in [2.45, 2.75) is 98.5 Å². The van der Waals surface area contributed by atoms with Crippen LogP contribution in [0, 0.1) is 43.3 Å². The third-order valence-electron chi connectivity index (χ3n) is 16.3. The van der Waals surface area contributed by atoms with Gasteiger partial charge < -0.3 is 40.3 Å². The maximum Gasteiger partial charge on any atom is 0.246 e. The smallest absolute Gasteiger partial charge is 0.246 e. The predicted octanol–water partition coefficient (Wildman–Crippen LogP) is 6.54. The highest BCUT2D eigenvalue weighted by atomic mass is 35.5. The standard InChI is InChI=1S/C56H73ClFN11O4S/c1-34-20-39(21-35(2)48(34)58)26-69-45-23-42(57)22-44(49(45)63-54(69)67-31-56(32-67)29-59-30-56)66-18-16-65(17-19-66)25-38-12-14-64(15-13-38)28-47(71)62-51(55(5,6)7)53(73)68-27-43(70)24-46(68)52(72)61-36(3)40-8-10-41(11-9-40)50-37(4)60-33-74-50/h8-11,20-23,33,36,38,43,46,51,59,70H,12-19,24-32H2,1-7H3,(H,61,72)(H,62,71). The summed E-state index contributed by atoms with van der Waals surface area (Å²) in [5.74, 6) is 0.364. The molecule has 15 nitrogen and oxygen atoms in total. The zero-order valence-electron chi connectivity index (χ0n) is 44.0. The van der Waals surface area contributed by atoms with Gasteiger partial charge in [-0.05, 0) is 105 Å². The molecule has 3 amide bonds. The van der Waals surface area contributed by atoms with Crippen molar-refractivity contribution in [3.63, 3.8) is 0 Å². The largest absolute Gasteiger partial charge is 0.391 e. The Balaban J connectivity index is 0.717. The lowest BCUT2D eigenvalue weighted by Crippen LogP contribution is -2.71. The van der Waals surface area contributed by atoms with Gasteiger partial charge in [0.1, 0.15) is 23.4 Å². The number of rotatable bonds is 14. The van der Waals surface area contributed by atoms with Crippen LogP contribution in [0.25, 0.3) is 21.5 Å². The maximum atomic E-state index is 14.7. The zero-order chi connectivity index (χ0) is 52.2. The molecule has 5 aromatic rings. The van der Waals surface area contributed by atoms with Crippen molar-refractivity contribution < 1.29 is 23.9 Å². The normalized spacial score (nSPS) is 21.5. The Hall–Kier alpha value is -5.17. The summed E-state index contributed by atoms with van der Waals surface area (Å²) in [7, 11) is 0. The third kappa shape index (κ3) is 10.9. The van der Waals surface area contributed by atoms with E-state index in [9.17, 15) is 23.9 Å². The first-order valence-electron chi connectivity index (χ1n) is 26.5. The van der Waals surface area contributed by atoms with E-state index in [4.69, 9.17) is 16.6 Å². The van der Waals surface area contributed by atoms with E-state index in [0.29, 0.717) is 34.0 Å². The van der Waals surface area contributed by atoms with Gasteiger partial charge in [0.05, 0.1) is 52.5 Å². The fourth-order valence-corrected chi connectivity index (χ4v) is 13.0. The van der Waals surface area contributed by atoms with E-state index in [1.54, 1.807) is 11.3 Å². The molecule has 3 aromatic carbocycles. The van der Waals surface area contributed by atoms with E-state index in [1.807, 2.05) is 96.4 Å². The van der Waals surface area contributed by atoms with Crippen LogP contribution in [-0.4, -0.2) is 155 Å². The third-order valence-corrected chi connectivity index (χ3v) is 17.5. The van der Waals surface area contributed by atoms with E-state index in [0.717, 1.165) is 135 Å². The van der Waals surface area contributed by atoms with Crippen molar-refractivity contribution in [3.05, 3.63) is 92.8 Å². The van der Waals surface area contributed by atoms with Gasteiger partial charge in [0.15, 0.2) is 0 Å². The molecule has 74 heavy (non-hydrogen) atoms. The summed E-state index contributed by atoms with van der Waals surface area (Å²) in [6.07, 6.45) is 1.22. The predicted molar refractivity (Wildman–Crippen MR) is 291 cm³/mol. The Morgan fingerprint density at radius 2 is 1.62 bits per heavy atom. The van der Waals surface area contributed by atoms with E-state index in [-0.39, 0.29) is 49.1 Å². The zero-order valence-corrected chi connectivity index (χ0v) is 45.6. The first-order valence-corrected chi connectivity index (χ1v) is 27.8. The summed E-state index contributed by atoms with van der Waals surface area (Å²) >= 11 is 8.53. The van der Waals surface area contributed by atoms with Gasteiger partial charge in [-0.1, -0.05) is 68.8 Å². The van der Waals surface area contributed by atoms with Gasteiger partial charge in [0.2, 0.25) is 23.7 Å². The number of benzene rings is 3. The summed E-state index contributed by atoms with van der Waals surface area (Å²) in [6, 6.07) is 13.9. The maximum absolute atomic E-state index is 14.7. The summed E-state index contributed by atoms with van der Waals surface area (Å²) in [5.41, 5.74) is 9.78. The number of carbonyl (C=O) groups excluding carboxylic acids is 3. The molecule has 0 aliphatic carbocycles. The number of aryl methyl sites for hydroxylation is 3. The SMILES string of the molecule is Cc1cc(Cn2c(N3CC4(CNC4)C3)nc3c(N4CCN(CC5CCN(CC(=O)NC(C(=O)N6CC(O)CC6C(=O)NC(C)c6ccc(-c7scnc7C)cc6)C(C)(C)C)CC5)CC4)cc(Cl)cc32)cc(C)c1F. The molecule has 10 rings (SSSR count).